The number of amides is 1. The van der Waals surface area contributed by atoms with Gasteiger partial charge in [0.25, 0.3) is 0 Å². The third-order valence-corrected chi connectivity index (χ3v) is 3.99. The van der Waals surface area contributed by atoms with E-state index in [1.165, 1.54) is 6.42 Å². The first-order chi connectivity index (χ1) is 8.89. The third-order valence-electron chi connectivity index (χ3n) is 3.99. The highest BCUT2D eigenvalue weighted by Gasteiger charge is 2.34. The highest BCUT2D eigenvalue weighted by molar-refractivity contribution is 5.68. The molecule has 2 aliphatic heterocycles. The van der Waals surface area contributed by atoms with Crippen LogP contribution >= 0.6 is 0 Å². The summed E-state index contributed by atoms with van der Waals surface area (Å²) in [4.78, 5) is 16.4. The number of hydrogen-bond donors (Lipinski definition) is 1. The molecule has 0 aliphatic carbocycles. The lowest BCUT2D eigenvalue weighted by Gasteiger charge is -2.26. The molecule has 2 aliphatic rings. The van der Waals surface area contributed by atoms with Crippen LogP contribution in [0.4, 0.5) is 4.79 Å². The number of nitrogens with two attached hydrogens (primary N) is 1. The number of hydrogen-bond acceptors (Lipinski definition) is 4. The summed E-state index contributed by atoms with van der Waals surface area (Å²) in [6.45, 7) is 10.1. The molecule has 0 saturated carbocycles. The summed E-state index contributed by atoms with van der Waals surface area (Å²) in [6, 6.07) is 0.598. The highest BCUT2D eigenvalue weighted by Crippen LogP contribution is 2.27. The minimum atomic E-state index is -0.413. The van der Waals surface area contributed by atoms with Crippen molar-refractivity contribution in [2.45, 2.75) is 45.3 Å². The highest BCUT2D eigenvalue weighted by atomic mass is 16.6. The van der Waals surface area contributed by atoms with Crippen molar-refractivity contribution in [1.29, 1.82) is 0 Å². The van der Waals surface area contributed by atoms with Gasteiger partial charge in [-0.25, -0.2) is 4.79 Å². The largest absolute Gasteiger partial charge is 0.444 e. The van der Waals surface area contributed by atoms with E-state index in [4.69, 9.17) is 10.5 Å². The maximum absolute atomic E-state index is 12.1. The summed E-state index contributed by atoms with van der Waals surface area (Å²) in [6.07, 6.45) is 2.04. The van der Waals surface area contributed by atoms with Crippen LogP contribution in [0.2, 0.25) is 0 Å². The van der Waals surface area contributed by atoms with Crippen molar-refractivity contribution >= 4 is 6.09 Å². The zero-order valence-electron chi connectivity index (χ0n) is 12.4. The van der Waals surface area contributed by atoms with Gasteiger partial charge in [0.2, 0.25) is 0 Å². The lowest BCUT2D eigenvalue weighted by atomic mass is 10.0. The van der Waals surface area contributed by atoms with Gasteiger partial charge in [-0.05, 0) is 46.1 Å². The van der Waals surface area contributed by atoms with E-state index in [0.29, 0.717) is 12.0 Å². The molecule has 2 rings (SSSR count). The van der Waals surface area contributed by atoms with Crippen LogP contribution < -0.4 is 5.73 Å². The average molecular weight is 269 g/mol. The monoisotopic (exact) mass is 269 g/mol. The van der Waals surface area contributed by atoms with Gasteiger partial charge in [0.1, 0.15) is 5.60 Å². The van der Waals surface area contributed by atoms with E-state index >= 15 is 0 Å². The maximum Gasteiger partial charge on any atom is 0.410 e. The summed E-state index contributed by atoms with van der Waals surface area (Å²) in [5.74, 6) is 0.637. The Kier molecular flexibility index (Phi) is 4.36. The van der Waals surface area contributed by atoms with Gasteiger partial charge < -0.3 is 15.4 Å². The normalized spacial score (nSPS) is 28.9. The molecule has 2 fully saturated rings. The first kappa shape index (κ1) is 14.6. The van der Waals surface area contributed by atoms with Crippen LogP contribution in [0.5, 0.6) is 0 Å². The van der Waals surface area contributed by atoms with Crippen molar-refractivity contribution in [3.63, 3.8) is 0 Å². The summed E-state index contributed by atoms with van der Waals surface area (Å²) in [5.41, 5.74) is 5.35. The van der Waals surface area contributed by atoms with Gasteiger partial charge in [-0.15, -0.1) is 0 Å². The molecular formula is C14H27N3O2. The van der Waals surface area contributed by atoms with Gasteiger partial charge >= 0.3 is 6.09 Å². The minimum absolute atomic E-state index is 0.177. The first-order valence-electron chi connectivity index (χ1n) is 7.31. The molecule has 2 N–H and O–H groups in total. The molecule has 2 heterocycles. The van der Waals surface area contributed by atoms with E-state index in [2.05, 4.69) is 4.90 Å². The minimum Gasteiger partial charge on any atom is -0.444 e. The second-order valence-electron chi connectivity index (χ2n) is 6.74. The van der Waals surface area contributed by atoms with Crippen molar-refractivity contribution in [2.75, 3.05) is 32.7 Å². The second-order valence-corrected chi connectivity index (χ2v) is 6.74. The van der Waals surface area contributed by atoms with E-state index in [1.807, 2.05) is 25.7 Å². The Morgan fingerprint density at radius 3 is 2.68 bits per heavy atom. The van der Waals surface area contributed by atoms with E-state index in [0.717, 1.165) is 39.1 Å². The molecule has 19 heavy (non-hydrogen) atoms. The molecule has 110 valence electrons. The molecule has 5 heteroatoms. The zero-order valence-corrected chi connectivity index (χ0v) is 12.4. The van der Waals surface area contributed by atoms with Gasteiger partial charge in [0.05, 0.1) is 0 Å². The molecule has 0 bridgehead atoms. The molecule has 5 nitrogen and oxygen atoms in total. The Hall–Kier alpha value is -0.810. The zero-order chi connectivity index (χ0) is 14.0. The van der Waals surface area contributed by atoms with Crippen LogP contribution in [0.1, 0.15) is 33.6 Å². The fourth-order valence-electron chi connectivity index (χ4n) is 3.01. The van der Waals surface area contributed by atoms with E-state index in [-0.39, 0.29) is 6.09 Å². The molecule has 0 aromatic rings. The molecule has 0 aromatic carbocycles. The molecule has 0 aromatic heterocycles. The van der Waals surface area contributed by atoms with Crippen molar-refractivity contribution < 1.29 is 9.53 Å². The van der Waals surface area contributed by atoms with Crippen LogP contribution in [0.3, 0.4) is 0 Å². The summed E-state index contributed by atoms with van der Waals surface area (Å²) < 4.78 is 5.45. The van der Waals surface area contributed by atoms with Crippen LogP contribution in [-0.4, -0.2) is 60.3 Å². The predicted octanol–water partition coefficient (Wildman–Crippen LogP) is 1.28. The van der Waals surface area contributed by atoms with Crippen LogP contribution in [0, 0.1) is 5.92 Å². The van der Waals surface area contributed by atoms with E-state index in [9.17, 15) is 4.79 Å². The van der Waals surface area contributed by atoms with Gasteiger partial charge in [-0.1, -0.05) is 0 Å². The standard InChI is InChI=1S/C14H27N3O2/c1-14(2,3)19-13(18)16-5-4-12-8-11(9-15)10-17(12)7-6-16/h11-12H,4-10,15H2,1-3H3. The fraction of sp³-hybridized carbons (Fsp3) is 0.929. The van der Waals surface area contributed by atoms with Gasteiger partial charge in [0.15, 0.2) is 0 Å². The maximum atomic E-state index is 12.1. The van der Waals surface area contributed by atoms with Crippen molar-refractivity contribution in [3.8, 4) is 0 Å². The van der Waals surface area contributed by atoms with E-state index in [1.54, 1.807) is 0 Å². The van der Waals surface area contributed by atoms with Crippen LogP contribution in [0.25, 0.3) is 0 Å². The number of nitrogens with zero attached hydrogens (tertiary/aromatic N) is 2. The summed E-state index contributed by atoms with van der Waals surface area (Å²) >= 11 is 0. The second kappa shape index (κ2) is 5.67. The van der Waals surface area contributed by atoms with Crippen LogP contribution in [-0.2, 0) is 4.74 Å². The van der Waals surface area contributed by atoms with Gasteiger partial charge in [-0.2, -0.15) is 0 Å². The fourth-order valence-corrected chi connectivity index (χ4v) is 3.01. The Morgan fingerprint density at radius 2 is 2.05 bits per heavy atom. The Bertz CT molecular complexity index is 311. The Balaban J connectivity index is 1.87. The van der Waals surface area contributed by atoms with Gasteiger partial charge in [0, 0.05) is 32.2 Å². The Morgan fingerprint density at radius 1 is 1.32 bits per heavy atom. The molecule has 0 spiro atoms. The molecule has 2 unspecified atom stereocenters. The average Bonchev–Trinajstić information content (AvgIpc) is 2.59. The smallest absolute Gasteiger partial charge is 0.410 e. The molecule has 0 radical (unpaired) electrons. The van der Waals surface area contributed by atoms with Crippen LogP contribution in [0.15, 0.2) is 0 Å². The van der Waals surface area contributed by atoms with E-state index < -0.39 is 5.60 Å². The molecule has 2 saturated heterocycles. The lowest BCUT2D eigenvalue weighted by molar-refractivity contribution is 0.0257. The number of fused-ring (bicyclic) bond motifs is 1. The van der Waals surface area contributed by atoms with Crippen molar-refractivity contribution in [3.05, 3.63) is 0 Å². The summed E-state index contributed by atoms with van der Waals surface area (Å²) in [5, 5.41) is 0. The molecule has 2 atom stereocenters. The number of rotatable bonds is 1. The third kappa shape index (κ3) is 3.83. The van der Waals surface area contributed by atoms with Crippen molar-refractivity contribution in [1.82, 2.24) is 9.80 Å². The molecular weight excluding hydrogens is 242 g/mol. The number of carbonyl (C=O) groups is 1. The Labute approximate surface area is 116 Å². The molecule has 1 amide bonds. The quantitative estimate of drug-likeness (QED) is 0.779. The van der Waals surface area contributed by atoms with Gasteiger partial charge in [-0.3, -0.25) is 4.90 Å². The lowest BCUT2D eigenvalue weighted by Crippen LogP contribution is -2.39. The predicted molar refractivity (Wildman–Crippen MR) is 74.9 cm³/mol. The first-order valence-corrected chi connectivity index (χ1v) is 7.31. The number of carbonyl (C=O) groups excluding carboxylic acids is 1. The SMILES string of the molecule is CC(C)(C)OC(=O)N1CCC2CC(CN)CN2CC1. The summed E-state index contributed by atoms with van der Waals surface area (Å²) in [7, 11) is 0. The number of ether oxygens (including phenoxy) is 1. The topological polar surface area (TPSA) is 58.8 Å². The van der Waals surface area contributed by atoms with Crippen molar-refractivity contribution in [2.24, 2.45) is 11.7 Å².